The monoisotopic (exact) mass is 471 g/mol. The second kappa shape index (κ2) is 9.83. The van der Waals surface area contributed by atoms with E-state index in [9.17, 15) is 14.4 Å². The van der Waals surface area contributed by atoms with Crippen LogP contribution in [-0.2, 0) is 23.5 Å². The van der Waals surface area contributed by atoms with Gasteiger partial charge >= 0.3 is 12.1 Å². The Hall–Kier alpha value is -1.41. The zero-order chi connectivity index (χ0) is 25.3. The first-order valence-electron chi connectivity index (χ1n) is 11.6. The summed E-state index contributed by atoms with van der Waals surface area (Å²) in [6, 6.07) is -0.987. The fraction of sp³-hybridized carbons (Fsp3) is 0.875. The van der Waals surface area contributed by atoms with Gasteiger partial charge < -0.3 is 13.9 Å². The number of carbonyl (C=O) groups excluding carboxylic acids is 3. The van der Waals surface area contributed by atoms with Gasteiger partial charge in [0, 0.05) is 12.5 Å². The third-order valence-corrected chi connectivity index (χ3v) is 11.2. The summed E-state index contributed by atoms with van der Waals surface area (Å²) in [5, 5.41) is 0.0638. The molecular weight excluding hydrogens is 426 g/mol. The fourth-order valence-corrected chi connectivity index (χ4v) is 5.90. The van der Waals surface area contributed by atoms with E-state index < -0.39 is 49.4 Å². The minimum absolute atomic E-state index is 0.0638. The van der Waals surface area contributed by atoms with Crippen molar-refractivity contribution in [3.63, 3.8) is 0 Å². The highest BCUT2D eigenvalue weighted by Crippen LogP contribution is 2.44. The Morgan fingerprint density at radius 1 is 1.00 bits per heavy atom. The van der Waals surface area contributed by atoms with E-state index in [4.69, 9.17) is 13.9 Å². The highest BCUT2D eigenvalue weighted by atomic mass is 28.4. The third-order valence-electron chi connectivity index (χ3n) is 6.60. The molecular formula is C24H45NO6Si. The molecule has 1 saturated heterocycles. The van der Waals surface area contributed by atoms with Crippen LogP contribution in [0.15, 0.2) is 0 Å². The molecule has 2 atom stereocenters. The Labute approximate surface area is 195 Å². The summed E-state index contributed by atoms with van der Waals surface area (Å²) in [6.45, 7) is 24.1. The van der Waals surface area contributed by atoms with Crippen LogP contribution in [0.2, 0.25) is 18.1 Å². The molecule has 0 unspecified atom stereocenters. The predicted molar refractivity (Wildman–Crippen MR) is 128 cm³/mol. The normalized spacial score (nSPS) is 20.7. The smallest absolute Gasteiger partial charge is 0.417 e. The van der Waals surface area contributed by atoms with Gasteiger partial charge in [0.15, 0.2) is 8.32 Å². The Bertz CT molecular complexity index is 702. The third kappa shape index (κ3) is 7.30. The first-order chi connectivity index (χ1) is 14.2. The van der Waals surface area contributed by atoms with Gasteiger partial charge in [-0.1, -0.05) is 27.7 Å². The van der Waals surface area contributed by atoms with Crippen molar-refractivity contribution >= 4 is 26.3 Å². The number of hydrogen-bond acceptors (Lipinski definition) is 6. The molecule has 1 fully saturated rings. The molecule has 1 heterocycles. The number of likely N-dealkylation sites (tertiary alicyclic amines) is 1. The summed E-state index contributed by atoms with van der Waals surface area (Å²) in [5.74, 6) is -1.01. The molecule has 0 radical (unpaired) electrons. The maximum Gasteiger partial charge on any atom is 0.417 e. The number of amides is 2. The van der Waals surface area contributed by atoms with E-state index in [0.29, 0.717) is 18.9 Å². The second-order valence-corrected chi connectivity index (χ2v) is 16.8. The van der Waals surface area contributed by atoms with Gasteiger partial charge in [0.05, 0.1) is 0 Å². The van der Waals surface area contributed by atoms with Gasteiger partial charge in [0.25, 0.3) is 0 Å². The minimum atomic E-state index is -2.04. The number of hydrogen-bond donors (Lipinski definition) is 0. The number of imide groups is 1. The van der Waals surface area contributed by atoms with Crippen molar-refractivity contribution in [1.29, 1.82) is 0 Å². The van der Waals surface area contributed by atoms with Crippen molar-refractivity contribution in [2.24, 2.45) is 11.8 Å². The van der Waals surface area contributed by atoms with Crippen molar-refractivity contribution in [2.45, 2.75) is 117 Å². The lowest BCUT2D eigenvalue weighted by Crippen LogP contribution is -2.47. The number of rotatable bonds is 7. The highest BCUT2D eigenvalue weighted by molar-refractivity contribution is 6.74. The molecule has 1 aliphatic heterocycles. The Balaban J connectivity index is 2.99. The first kappa shape index (κ1) is 28.6. The van der Waals surface area contributed by atoms with Crippen LogP contribution in [0.4, 0.5) is 4.79 Å². The lowest BCUT2D eigenvalue weighted by molar-refractivity contribution is -0.161. The molecule has 7 nitrogen and oxygen atoms in total. The minimum Gasteiger partial charge on any atom is -0.458 e. The Morgan fingerprint density at radius 3 is 1.94 bits per heavy atom. The van der Waals surface area contributed by atoms with Gasteiger partial charge in [-0.25, -0.2) is 14.5 Å². The molecule has 0 bridgehead atoms. The number of ether oxygens (including phenoxy) is 2. The zero-order valence-electron chi connectivity index (χ0n) is 22.3. The summed E-state index contributed by atoms with van der Waals surface area (Å²) in [6.07, 6.45) is -0.147. The van der Waals surface area contributed by atoms with E-state index in [1.165, 1.54) is 0 Å². The van der Waals surface area contributed by atoms with Gasteiger partial charge in [0.1, 0.15) is 17.2 Å². The van der Waals surface area contributed by atoms with Crippen molar-refractivity contribution in [1.82, 2.24) is 4.90 Å². The maximum atomic E-state index is 13.1. The quantitative estimate of drug-likeness (QED) is 0.359. The summed E-state index contributed by atoms with van der Waals surface area (Å²) < 4.78 is 17.3. The van der Waals surface area contributed by atoms with Crippen LogP contribution in [0.1, 0.15) is 82.1 Å². The van der Waals surface area contributed by atoms with Gasteiger partial charge in [-0.15, -0.1) is 0 Å². The molecule has 32 heavy (non-hydrogen) atoms. The van der Waals surface area contributed by atoms with Crippen molar-refractivity contribution in [2.75, 3.05) is 6.61 Å². The Morgan fingerprint density at radius 2 is 1.50 bits per heavy atom. The summed E-state index contributed by atoms with van der Waals surface area (Å²) in [5.41, 5.74) is -1.51. The molecule has 0 aliphatic carbocycles. The standard InChI is InChI=1S/C24H45NO6Si/c1-16(2)24(9,10)32(11,12)29-14-13-17-15-18(20(27)30-22(3,4)5)25(19(17)26)21(28)31-23(6,7)8/h16-18H,13-15H2,1-12H3/t17-,18-/m0/s1. The average molecular weight is 472 g/mol. The molecule has 2 amide bonds. The van der Waals surface area contributed by atoms with E-state index in [1.807, 2.05) is 0 Å². The van der Waals surface area contributed by atoms with E-state index in [-0.39, 0.29) is 11.5 Å². The average Bonchev–Trinajstić information content (AvgIpc) is 2.88. The van der Waals surface area contributed by atoms with Gasteiger partial charge in [-0.3, -0.25) is 4.79 Å². The zero-order valence-corrected chi connectivity index (χ0v) is 23.3. The molecule has 0 spiro atoms. The summed E-state index contributed by atoms with van der Waals surface area (Å²) >= 11 is 0. The molecule has 0 aromatic rings. The SMILES string of the molecule is CC(C)C(C)(C)[Si](C)(C)OCC[C@H]1C[C@@H](C(=O)OC(C)(C)C)N(C(=O)OC(C)(C)C)C1=O. The molecule has 1 rings (SSSR count). The van der Waals surface area contributed by atoms with Crippen LogP contribution < -0.4 is 0 Å². The Kier molecular flexibility index (Phi) is 8.79. The predicted octanol–water partition coefficient (Wildman–Crippen LogP) is 5.53. The van der Waals surface area contributed by atoms with Crippen LogP contribution in [0, 0.1) is 11.8 Å². The number of nitrogens with zero attached hydrogens (tertiary/aromatic N) is 1. The van der Waals surface area contributed by atoms with Crippen molar-refractivity contribution < 1.29 is 28.3 Å². The first-order valence-corrected chi connectivity index (χ1v) is 14.5. The van der Waals surface area contributed by atoms with E-state index in [0.717, 1.165) is 4.90 Å². The fourth-order valence-electron chi connectivity index (χ4n) is 3.50. The molecule has 8 heteroatoms. The molecule has 0 saturated carbocycles. The molecule has 1 aliphatic rings. The lowest BCUT2D eigenvalue weighted by atomic mass is 9.99. The van der Waals surface area contributed by atoms with Crippen LogP contribution in [0.3, 0.4) is 0 Å². The van der Waals surface area contributed by atoms with Crippen molar-refractivity contribution in [3.05, 3.63) is 0 Å². The lowest BCUT2D eigenvalue weighted by Gasteiger charge is -2.42. The molecule has 186 valence electrons. The highest BCUT2D eigenvalue weighted by Gasteiger charge is 2.50. The summed E-state index contributed by atoms with van der Waals surface area (Å²) in [4.78, 5) is 39.7. The van der Waals surface area contributed by atoms with Gasteiger partial charge in [0.2, 0.25) is 5.91 Å². The molecule has 0 aromatic carbocycles. The molecule has 0 aromatic heterocycles. The number of carbonyl (C=O) groups is 3. The number of esters is 1. The second-order valence-electron chi connectivity index (χ2n) is 12.2. The molecule has 0 N–H and O–H groups in total. The summed E-state index contributed by atoms with van der Waals surface area (Å²) in [7, 11) is -2.04. The van der Waals surface area contributed by atoms with Crippen LogP contribution >= 0.6 is 0 Å². The van der Waals surface area contributed by atoms with Gasteiger partial charge in [-0.05, 0) is 78.4 Å². The van der Waals surface area contributed by atoms with Crippen LogP contribution in [0.25, 0.3) is 0 Å². The van der Waals surface area contributed by atoms with E-state index in [2.05, 4.69) is 40.8 Å². The van der Waals surface area contributed by atoms with Crippen LogP contribution in [-0.4, -0.2) is 55.0 Å². The van der Waals surface area contributed by atoms with Crippen LogP contribution in [0.5, 0.6) is 0 Å². The topological polar surface area (TPSA) is 82.1 Å². The van der Waals surface area contributed by atoms with E-state index in [1.54, 1.807) is 41.5 Å². The van der Waals surface area contributed by atoms with E-state index >= 15 is 0 Å². The largest absolute Gasteiger partial charge is 0.458 e. The maximum absolute atomic E-state index is 13.1. The van der Waals surface area contributed by atoms with Gasteiger partial charge in [-0.2, -0.15) is 0 Å². The van der Waals surface area contributed by atoms with Crippen molar-refractivity contribution in [3.8, 4) is 0 Å².